The molecule has 0 saturated carbocycles. The molecule has 0 fully saturated rings. The van der Waals surface area contributed by atoms with Gasteiger partial charge < -0.3 is 16.4 Å². The summed E-state index contributed by atoms with van der Waals surface area (Å²) in [4.78, 5) is 8.23. The van der Waals surface area contributed by atoms with Gasteiger partial charge in [-0.3, -0.25) is 0 Å². The topological polar surface area (TPSA) is 75.9 Å². The van der Waals surface area contributed by atoms with Gasteiger partial charge in [0.05, 0.1) is 0 Å². The summed E-state index contributed by atoms with van der Waals surface area (Å²) in [6.07, 6.45) is 1.46. The molecule has 0 atom stereocenters. The van der Waals surface area contributed by atoms with Gasteiger partial charge in [-0.1, -0.05) is 17.7 Å². The third-order valence-corrected chi connectivity index (χ3v) is 3.07. The molecule has 0 aliphatic heterocycles. The van der Waals surface area contributed by atoms with Crippen molar-refractivity contribution in [2.24, 2.45) is 0 Å². The number of aromatic nitrogens is 2. The van der Waals surface area contributed by atoms with Gasteiger partial charge in [0.25, 0.3) is 0 Å². The molecule has 1 aromatic heterocycles. The molecule has 0 bridgehead atoms. The number of nitrogen functional groups attached to an aromatic ring is 1. The van der Waals surface area contributed by atoms with Gasteiger partial charge in [-0.25, -0.2) is 9.97 Å². The molecule has 0 saturated heterocycles. The molecule has 4 N–H and O–H groups in total. The van der Waals surface area contributed by atoms with E-state index in [1.807, 2.05) is 32.0 Å². The second kappa shape index (κ2) is 5.75. The van der Waals surface area contributed by atoms with E-state index in [0.29, 0.717) is 22.3 Å². The normalized spacial score (nSPS) is 10.3. The lowest BCUT2D eigenvalue weighted by Gasteiger charge is -2.12. The van der Waals surface area contributed by atoms with E-state index in [2.05, 4.69) is 20.6 Å². The molecule has 2 rings (SSSR count). The molecule has 5 nitrogen and oxygen atoms in total. The number of rotatable bonds is 4. The molecule has 1 aromatic carbocycles. The monoisotopic (exact) mass is 277 g/mol. The molecule has 2 aromatic rings. The van der Waals surface area contributed by atoms with Crippen molar-refractivity contribution in [3.8, 4) is 0 Å². The first-order valence-corrected chi connectivity index (χ1v) is 6.37. The zero-order valence-electron chi connectivity index (χ0n) is 10.9. The van der Waals surface area contributed by atoms with Crippen LogP contribution in [0.15, 0.2) is 24.5 Å². The lowest BCUT2D eigenvalue weighted by atomic mass is 10.2. The Kier molecular flexibility index (Phi) is 4.06. The second-order valence-electron chi connectivity index (χ2n) is 4.10. The highest BCUT2D eigenvalue weighted by molar-refractivity contribution is 6.31. The Hall–Kier alpha value is -2.01. The summed E-state index contributed by atoms with van der Waals surface area (Å²) in [5.74, 6) is 1.18. The standard InChI is InChI=1S/C13H16ClN5/c1-3-16-12-11(15)13(18-7-17-12)19-9-5-4-8(2)10(14)6-9/h4-7H,3,15H2,1-2H3,(H2,16,17,18,19). The number of aryl methyl sites for hydroxylation is 1. The van der Waals surface area contributed by atoms with E-state index >= 15 is 0 Å². The van der Waals surface area contributed by atoms with Crippen LogP contribution in [0.2, 0.25) is 5.02 Å². The molecule has 0 aliphatic rings. The van der Waals surface area contributed by atoms with Crippen LogP contribution in [-0.2, 0) is 0 Å². The van der Waals surface area contributed by atoms with Crippen molar-refractivity contribution >= 4 is 34.6 Å². The van der Waals surface area contributed by atoms with Gasteiger partial charge in [0.1, 0.15) is 12.0 Å². The van der Waals surface area contributed by atoms with E-state index in [0.717, 1.165) is 17.8 Å². The lowest BCUT2D eigenvalue weighted by Crippen LogP contribution is -2.07. The van der Waals surface area contributed by atoms with E-state index in [1.165, 1.54) is 6.33 Å². The molecule has 0 amide bonds. The number of nitrogens with two attached hydrogens (primary N) is 1. The molecular formula is C13H16ClN5. The van der Waals surface area contributed by atoms with Crippen molar-refractivity contribution in [2.45, 2.75) is 13.8 Å². The van der Waals surface area contributed by atoms with Crippen molar-refractivity contribution in [1.82, 2.24) is 9.97 Å². The first kappa shape index (κ1) is 13.4. The van der Waals surface area contributed by atoms with Crippen molar-refractivity contribution in [1.29, 1.82) is 0 Å². The Morgan fingerprint density at radius 1 is 1.26 bits per heavy atom. The van der Waals surface area contributed by atoms with E-state index in [9.17, 15) is 0 Å². The van der Waals surface area contributed by atoms with Crippen LogP contribution in [-0.4, -0.2) is 16.5 Å². The van der Waals surface area contributed by atoms with Crippen LogP contribution in [0.25, 0.3) is 0 Å². The number of benzene rings is 1. The van der Waals surface area contributed by atoms with Crippen LogP contribution in [0, 0.1) is 6.92 Å². The first-order valence-electron chi connectivity index (χ1n) is 5.99. The molecular weight excluding hydrogens is 262 g/mol. The maximum Gasteiger partial charge on any atom is 0.159 e. The number of halogens is 1. The van der Waals surface area contributed by atoms with Gasteiger partial charge in [0.2, 0.25) is 0 Å². The van der Waals surface area contributed by atoms with E-state index in [-0.39, 0.29) is 0 Å². The Balaban J connectivity index is 2.27. The average molecular weight is 278 g/mol. The maximum absolute atomic E-state index is 6.08. The maximum atomic E-state index is 6.08. The summed E-state index contributed by atoms with van der Waals surface area (Å²) in [5, 5.41) is 6.92. The predicted molar refractivity (Wildman–Crippen MR) is 80.1 cm³/mol. The summed E-state index contributed by atoms with van der Waals surface area (Å²) in [6, 6.07) is 5.70. The van der Waals surface area contributed by atoms with E-state index < -0.39 is 0 Å². The van der Waals surface area contributed by atoms with Crippen LogP contribution in [0.3, 0.4) is 0 Å². The SMILES string of the molecule is CCNc1ncnc(Nc2ccc(C)c(Cl)c2)c1N. The summed E-state index contributed by atoms with van der Waals surface area (Å²) in [5.41, 5.74) is 8.35. The number of anilines is 4. The molecule has 0 spiro atoms. The fraction of sp³-hybridized carbons (Fsp3) is 0.231. The first-order chi connectivity index (χ1) is 9.11. The highest BCUT2D eigenvalue weighted by Crippen LogP contribution is 2.27. The third-order valence-electron chi connectivity index (χ3n) is 2.66. The molecule has 19 heavy (non-hydrogen) atoms. The van der Waals surface area contributed by atoms with Gasteiger partial charge in [-0.05, 0) is 31.5 Å². The number of hydrogen-bond donors (Lipinski definition) is 3. The minimum Gasteiger partial charge on any atom is -0.393 e. The second-order valence-corrected chi connectivity index (χ2v) is 4.51. The zero-order chi connectivity index (χ0) is 13.8. The highest BCUT2D eigenvalue weighted by atomic mass is 35.5. The van der Waals surface area contributed by atoms with Crippen LogP contribution >= 0.6 is 11.6 Å². The minimum atomic E-state index is 0.487. The smallest absolute Gasteiger partial charge is 0.159 e. The van der Waals surface area contributed by atoms with Crippen LogP contribution in [0.1, 0.15) is 12.5 Å². The average Bonchev–Trinajstić information content (AvgIpc) is 2.39. The van der Waals surface area contributed by atoms with Gasteiger partial charge in [-0.15, -0.1) is 0 Å². The van der Waals surface area contributed by atoms with E-state index in [1.54, 1.807) is 0 Å². The van der Waals surface area contributed by atoms with Gasteiger partial charge in [0, 0.05) is 17.3 Å². The molecule has 0 radical (unpaired) electrons. The third kappa shape index (κ3) is 3.06. The summed E-state index contributed by atoms with van der Waals surface area (Å²) >= 11 is 6.08. The largest absolute Gasteiger partial charge is 0.393 e. The van der Waals surface area contributed by atoms with Crippen LogP contribution < -0.4 is 16.4 Å². The summed E-state index contributed by atoms with van der Waals surface area (Å²) < 4.78 is 0. The Morgan fingerprint density at radius 2 is 2.00 bits per heavy atom. The van der Waals surface area contributed by atoms with Crippen molar-refractivity contribution < 1.29 is 0 Å². The Morgan fingerprint density at radius 3 is 2.68 bits per heavy atom. The predicted octanol–water partition coefficient (Wildman–Crippen LogP) is 3.20. The van der Waals surface area contributed by atoms with Crippen LogP contribution in [0.4, 0.5) is 23.0 Å². The van der Waals surface area contributed by atoms with Crippen LogP contribution in [0.5, 0.6) is 0 Å². The van der Waals surface area contributed by atoms with Crippen molar-refractivity contribution in [2.75, 3.05) is 22.9 Å². The molecule has 100 valence electrons. The van der Waals surface area contributed by atoms with Crippen molar-refractivity contribution in [3.05, 3.63) is 35.1 Å². The molecule has 6 heteroatoms. The summed E-state index contributed by atoms with van der Waals surface area (Å²) in [7, 11) is 0. The zero-order valence-corrected chi connectivity index (χ0v) is 11.6. The fourth-order valence-electron chi connectivity index (χ4n) is 1.61. The minimum absolute atomic E-state index is 0.487. The van der Waals surface area contributed by atoms with Crippen molar-refractivity contribution in [3.63, 3.8) is 0 Å². The molecule has 0 aliphatic carbocycles. The Labute approximate surface area is 117 Å². The Bertz CT molecular complexity index is 585. The fourth-order valence-corrected chi connectivity index (χ4v) is 1.79. The van der Waals surface area contributed by atoms with Gasteiger partial charge >= 0.3 is 0 Å². The summed E-state index contributed by atoms with van der Waals surface area (Å²) in [6.45, 7) is 4.68. The highest BCUT2D eigenvalue weighted by Gasteiger charge is 2.08. The number of hydrogen-bond acceptors (Lipinski definition) is 5. The lowest BCUT2D eigenvalue weighted by molar-refractivity contribution is 1.12. The quantitative estimate of drug-likeness (QED) is 0.800. The molecule has 0 unspecified atom stereocenters. The van der Waals surface area contributed by atoms with Gasteiger partial charge in [0.15, 0.2) is 11.6 Å². The number of nitrogens with one attached hydrogen (secondary N) is 2. The van der Waals surface area contributed by atoms with Gasteiger partial charge in [-0.2, -0.15) is 0 Å². The number of nitrogens with zero attached hydrogens (tertiary/aromatic N) is 2. The molecule has 1 heterocycles. The van der Waals surface area contributed by atoms with E-state index in [4.69, 9.17) is 17.3 Å².